The Bertz CT molecular complexity index is 742. The summed E-state index contributed by atoms with van der Waals surface area (Å²) >= 11 is 1.41. The number of hydrogen-bond acceptors (Lipinski definition) is 5. The maximum atomic E-state index is 12.1. The van der Waals surface area contributed by atoms with Crippen LogP contribution >= 0.6 is 11.3 Å². The molecule has 2 aromatic rings. The molecule has 1 unspecified atom stereocenters. The lowest BCUT2D eigenvalue weighted by atomic mass is 9.99. The molecule has 25 heavy (non-hydrogen) atoms. The number of nitrogens with zero attached hydrogens (tertiary/aromatic N) is 1. The number of nitrogens with one attached hydrogen (secondary N) is 1. The minimum absolute atomic E-state index is 0.0455. The van der Waals surface area contributed by atoms with Gasteiger partial charge in [0.1, 0.15) is 22.9 Å². The van der Waals surface area contributed by atoms with E-state index in [4.69, 9.17) is 4.74 Å². The molecule has 0 radical (unpaired) electrons. The van der Waals surface area contributed by atoms with Crippen LogP contribution in [0.25, 0.3) is 0 Å². The second-order valence-electron chi connectivity index (χ2n) is 6.05. The molecule has 134 valence electrons. The monoisotopic (exact) mass is 362 g/mol. The molecule has 0 aliphatic rings. The van der Waals surface area contributed by atoms with E-state index in [1.807, 2.05) is 31.2 Å². The number of aromatic nitrogens is 1. The van der Waals surface area contributed by atoms with Crippen LogP contribution in [0.2, 0.25) is 0 Å². The van der Waals surface area contributed by atoms with Gasteiger partial charge in [0.05, 0.1) is 12.1 Å². The van der Waals surface area contributed by atoms with Crippen LogP contribution in [-0.4, -0.2) is 27.5 Å². The van der Waals surface area contributed by atoms with E-state index in [0.29, 0.717) is 18.7 Å². The first-order valence-electron chi connectivity index (χ1n) is 7.99. The minimum Gasteiger partial charge on any atom is -0.486 e. The van der Waals surface area contributed by atoms with Crippen molar-refractivity contribution < 1.29 is 19.4 Å². The van der Waals surface area contributed by atoms with Gasteiger partial charge in [-0.25, -0.2) is 9.78 Å². The fourth-order valence-corrected chi connectivity index (χ4v) is 2.79. The van der Waals surface area contributed by atoms with Gasteiger partial charge in [-0.3, -0.25) is 4.79 Å². The summed E-state index contributed by atoms with van der Waals surface area (Å²) < 4.78 is 5.66. The molecular formula is C18H22N2O4S. The van der Waals surface area contributed by atoms with E-state index in [2.05, 4.69) is 10.3 Å². The summed E-state index contributed by atoms with van der Waals surface area (Å²) in [7, 11) is 0. The molecule has 6 nitrogen and oxygen atoms in total. The largest absolute Gasteiger partial charge is 0.486 e. The van der Waals surface area contributed by atoms with Crippen molar-refractivity contribution in [3.05, 3.63) is 45.9 Å². The van der Waals surface area contributed by atoms with E-state index in [9.17, 15) is 14.7 Å². The molecule has 0 saturated heterocycles. The normalized spacial score (nSPS) is 13.1. The summed E-state index contributed by atoms with van der Waals surface area (Å²) in [5.41, 5.74) is 0.508. The van der Waals surface area contributed by atoms with Crippen LogP contribution < -0.4 is 10.1 Å². The average molecular weight is 362 g/mol. The first kappa shape index (κ1) is 18.9. The molecular weight excluding hydrogens is 340 g/mol. The van der Waals surface area contributed by atoms with Crippen molar-refractivity contribution in [2.45, 2.75) is 45.8 Å². The lowest BCUT2D eigenvalue weighted by Crippen LogP contribution is -2.52. The number of aliphatic carboxylic acids is 1. The molecule has 0 fully saturated rings. The van der Waals surface area contributed by atoms with Crippen molar-refractivity contribution in [3.63, 3.8) is 0 Å². The van der Waals surface area contributed by atoms with Crippen molar-refractivity contribution in [1.82, 2.24) is 10.3 Å². The van der Waals surface area contributed by atoms with Crippen LogP contribution in [0.15, 0.2) is 29.6 Å². The van der Waals surface area contributed by atoms with Gasteiger partial charge in [-0.05, 0) is 32.4 Å². The van der Waals surface area contributed by atoms with Crippen LogP contribution in [0.1, 0.15) is 36.5 Å². The first-order valence-corrected chi connectivity index (χ1v) is 8.87. The number of carboxylic acid groups (broad SMARTS) is 1. The minimum atomic E-state index is -1.26. The highest BCUT2D eigenvalue weighted by molar-refractivity contribution is 7.09. The van der Waals surface area contributed by atoms with E-state index in [1.54, 1.807) is 12.3 Å². The van der Waals surface area contributed by atoms with Gasteiger partial charge in [0.2, 0.25) is 5.91 Å². The third-order valence-electron chi connectivity index (χ3n) is 3.92. The van der Waals surface area contributed by atoms with Crippen LogP contribution in [0.4, 0.5) is 0 Å². The van der Waals surface area contributed by atoms with Gasteiger partial charge in [0.25, 0.3) is 0 Å². The quantitative estimate of drug-likeness (QED) is 0.754. The summed E-state index contributed by atoms with van der Waals surface area (Å²) in [6, 6.07) is 7.74. The lowest BCUT2D eigenvalue weighted by Gasteiger charge is -2.24. The maximum Gasteiger partial charge on any atom is 0.329 e. The zero-order chi connectivity index (χ0) is 18.4. The smallest absolute Gasteiger partial charge is 0.329 e. The Balaban J connectivity index is 1.89. The predicted molar refractivity (Wildman–Crippen MR) is 95.8 cm³/mol. The predicted octanol–water partition coefficient (Wildman–Crippen LogP) is 2.94. The van der Waals surface area contributed by atoms with Crippen molar-refractivity contribution >= 4 is 23.2 Å². The molecule has 0 saturated carbocycles. The van der Waals surface area contributed by atoms with Gasteiger partial charge in [-0.1, -0.05) is 24.6 Å². The van der Waals surface area contributed by atoms with Gasteiger partial charge in [-0.2, -0.15) is 0 Å². The van der Waals surface area contributed by atoms with Crippen molar-refractivity contribution in [1.29, 1.82) is 0 Å². The molecule has 1 aromatic carbocycles. The number of amides is 1. The first-order chi connectivity index (χ1) is 11.8. The molecule has 1 aromatic heterocycles. The van der Waals surface area contributed by atoms with Crippen LogP contribution in [-0.2, 0) is 22.6 Å². The summed E-state index contributed by atoms with van der Waals surface area (Å²) in [5, 5.41) is 14.3. The molecule has 2 N–H and O–H groups in total. The zero-order valence-corrected chi connectivity index (χ0v) is 15.4. The number of thiazole rings is 1. The highest BCUT2D eigenvalue weighted by atomic mass is 32.1. The molecule has 7 heteroatoms. The number of carboxylic acids is 1. The van der Waals surface area contributed by atoms with E-state index < -0.39 is 11.5 Å². The Kier molecular flexibility index (Phi) is 6.14. The fourth-order valence-electron chi connectivity index (χ4n) is 2.09. The van der Waals surface area contributed by atoms with Crippen molar-refractivity contribution in [3.8, 4) is 5.75 Å². The Labute approximate surface area is 150 Å². The number of carbonyl (C=O) groups excluding carboxylic acids is 1. The second-order valence-corrected chi connectivity index (χ2v) is 6.99. The van der Waals surface area contributed by atoms with Gasteiger partial charge >= 0.3 is 5.97 Å². The topological polar surface area (TPSA) is 88.5 Å². The zero-order valence-electron chi connectivity index (χ0n) is 14.5. The third kappa shape index (κ3) is 5.29. The number of ether oxygens (including phenoxy) is 1. The fraction of sp³-hybridized carbons (Fsp3) is 0.389. The molecule has 0 aliphatic carbocycles. The molecule has 0 aliphatic heterocycles. The number of benzene rings is 1. The van der Waals surface area contributed by atoms with Gasteiger partial charge in [0, 0.05) is 5.38 Å². The Morgan fingerprint density at radius 2 is 2.00 bits per heavy atom. The van der Waals surface area contributed by atoms with Crippen molar-refractivity contribution in [2.75, 3.05) is 0 Å². The number of aryl methyl sites for hydroxylation is 1. The van der Waals surface area contributed by atoms with E-state index >= 15 is 0 Å². The molecule has 1 atom stereocenters. The van der Waals surface area contributed by atoms with Crippen LogP contribution in [0, 0.1) is 6.92 Å². The van der Waals surface area contributed by atoms with E-state index in [0.717, 1.165) is 16.3 Å². The van der Waals surface area contributed by atoms with Crippen LogP contribution in [0.5, 0.6) is 5.75 Å². The summed E-state index contributed by atoms with van der Waals surface area (Å²) in [5.74, 6) is -0.642. The lowest BCUT2D eigenvalue weighted by molar-refractivity contribution is -0.146. The Morgan fingerprint density at radius 1 is 1.32 bits per heavy atom. The number of rotatable bonds is 8. The Morgan fingerprint density at radius 3 is 2.60 bits per heavy atom. The summed E-state index contributed by atoms with van der Waals surface area (Å²) in [6.45, 7) is 5.56. The van der Waals surface area contributed by atoms with Crippen molar-refractivity contribution in [2.24, 2.45) is 0 Å². The van der Waals surface area contributed by atoms with E-state index in [1.165, 1.54) is 18.3 Å². The SMILES string of the molecule is CCC(C)(NC(=O)Cc1csc(COc2ccc(C)cc2)n1)C(=O)O. The highest BCUT2D eigenvalue weighted by Gasteiger charge is 2.32. The highest BCUT2D eigenvalue weighted by Crippen LogP contribution is 2.17. The molecule has 1 amide bonds. The van der Waals surface area contributed by atoms with Crippen LogP contribution in [0.3, 0.4) is 0 Å². The molecule has 1 heterocycles. The van der Waals surface area contributed by atoms with E-state index in [-0.39, 0.29) is 12.3 Å². The van der Waals surface area contributed by atoms with Gasteiger partial charge in [-0.15, -0.1) is 11.3 Å². The van der Waals surface area contributed by atoms with Gasteiger partial charge < -0.3 is 15.2 Å². The average Bonchev–Trinajstić information content (AvgIpc) is 3.01. The molecule has 2 rings (SSSR count). The summed E-state index contributed by atoms with van der Waals surface area (Å²) in [4.78, 5) is 27.7. The number of carbonyl (C=O) groups is 2. The molecule has 0 spiro atoms. The standard InChI is InChI=1S/C18H22N2O4S/c1-4-18(3,17(22)23)20-15(21)9-13-11-25-16(19-13)10-24-14-7-5-12(2)6-8-14/h5-8,11H,4,9-10H2,1-3H3,(H,20,21)(H,22,23). The second kappa shape index (κ2) is 8.11. The number of hydrogen-bond donors (Lipinski definition) is 2. The van der Waals surface area contributed by atoms with Gasteiger partial charge in [0.15, 0.2) is 0 Å². The third-order valence-corrected chi connectivity index (χ3v) is 4.79. The molecule has 0 bridgehead atoms. The maximum absolute atomic E-state index is 12.1. The Hall–Kier alpha value is -2.41. The summed E-state index contributed by atoms with van der Waals surface area (Å²) in [6.07, 6.45) is 0.352.